The Bertz CT molecular complexity index is 576. The Balaban J connectivity index is 2.99. The molecule has 0 bridgehead atoms. The van der Waals surface area contributed by atoms with Gasteiger partial charge in [-0.25, -0.2) is 0 Å². The number of carbonyl (C=O) groups excluding carboxylic acids is 1. The van der Waals surface area contributed by atoms with Crippen LogP contribution in [0.3, 0.4) is 0 Å². The van der Waals surface area contributed by atoms with E-state index in [2.05, 4.69) is 0 Å². The molecule has 1 atom stereocenters. The number of aliphatic carboxylic acids is 1. The van der Waals surface area contributed by atoms with Crippen molar-refractivity contribution in [2.45, 2.75) is 34.1 Å². The summed E-state index contributed by atoms with van der Waals surface area (Å²) in [6.07, 6.45) is 0.667. The molecule has 1 N–H and O–H groups in total. The predicted molar refractivity (Wildman–Crippen MR) is 96.3 cm³/mol. The van der Waals surface area contributed by atoms with Crippen molar-refractivity contribution in [1.82, 2.24) is 4.90 Å². The largest absolute Gasteiger partial charge is 0.496 e. The Morgan fingerprint density at radius 1 is 1.24 bits per heavy atom. The highest BCUT2D eigenvalue weighted by Crippen LogP contribution is 2.25. The molecule has 1 rings (SSSR count). The van der Waals surface area contributed by atoms with Gasteiger partial charge in [-0.15, -0.1) is 0 Å². The molecule has 0 saturated carbocycles. The number of ether oxygens (including phenoxy) is 2. The molecule has 0 saturated heterocycles. The number of nitrogens with zero attached hydrogens (tertiary/aromatic N) is 1. The second-order valence-electron chi connectivity index (χ2n) is 6.18. The summed E-state index contributed by atoms with van der Waals surface area (Å²) >= 11 is 0. The summed E-state index contributed by atoms with van der Waals surface area (Å²) < 4.78 is 10.7. The Kier molecular flexibility index (Phi) is 8.41. The minimum atomic E-state index is -0.912. The molecule has 1 amide bonds. The standard InChI is InChI=1S/C19H29NO5/c1-6-25-9-7-8-20(12-15(4)19(22)23)18(21)16-10-13(2)17(24-5)14(3)11-16/h10-11,15H,6-9,12H2,1-5H3,(H,22,23). The minimum Gasteiger partial charge on any atom is -0.496 e. The van der Waals surface area contributed by atoms with Crippen LogP contribution in [0.1, 0.15) is 41.8 Å². The molecule has 0 aliphatic rings. The number of aryl methyl sites for hydroxylation is 2. The van der Waals surface area contributed by atoms with Crippen LogP contribution in [-0.2, 0) is 9.53 Å². The molecular formula is C19H29NO5. The van der Waals surface area contributed by atoms with Gasteiger partial charge in [-0.05, 0) is 50.5 Å². The van der Waals surface area contributed by atoms with Gasteiger partial charge in [0, 0.05) is 31.9 Å². The maximum absolute atomic E-state index is 12.9. The van der Waals surface area contributed by atoms with Crippen molar-refractivity contribution < 1.29 is 24.2 Å². The predicted octanol–water partition coefficient (Wildman–Crippen LogP) is 2.90. The second kappa shape index (κ2) is 10.0. The third kappa shape index (κ3) is 6.05. The molecule has 0 aliphatic carbocycles. The summed E-state index contributed by atoms with van der Waals surface area (Å²) in [7, 11) is 1.60. The minimum absolute atomic E-state index is 0.168. The lowest BCUT2D eigenvalue weighted by Gasteiger charge is -2.25. The van der Waals surface area contributed by atoms with Gasteiger partial charge in [-0.3, -0.25) is 9.59 Å². The first kappa shape index (κ1) is 21.0. The molecule has 0 fully saturated rings. The highest BCUT2D eigenvalue weighted by Gasteiger charge is 2.22. The number of hydrogen-bond acceptors (Lipinski definition) is 4. The zero-order chi connectivity index (χ0) is 19.0. The van der Waals surface area contributed by atoms with Crippen molar-refractivity contribution >= 4 is 11.9 Å². The number of carboxylic acid groups (broad SMARTS) is 1. The van der Waals surface area contributed by atoms with Gasteiger partial charge in [0.2, 0.25) is 0 Å². The summed E-state index contributed by atoms with van der Waals surface area (Å²) in [4.78, 5) is 25.7. The van der Waals surface area contributed by atoms with Gasteiger partial charge >= 0.3 is 5.97 Å². The first-order chi connectivity index (χ1) is 11.8. The molecule has 0 spiro atoms. The lowest BCUT2D eigenvalue weighted by atomic mass is 10.0. The van der Waals surface area contributed by atoms with Crippen LogP contribution in [-0.4, -0.2) is 55.3 Å². The number of methoxy groups -OCH3 is 1. The van der Waals surface area contributed by atoms with Crippen LogP contribution < -0.4 is 4.74 Å². The number of carbonyl (C=O) groups is 2. The fourth-order valence-electron chi connectivity index (χ4n) is 2.76. The van der Waals surface area contributed by atoms with E-state index in [1.165, 1.54) is 0 Å². The maximum atomic E-state index is 12.9. The number of amides is 1. The molecule has 25 heavy (non-hydrogen) atoms. The van der Waals surface area contributed by atoms with Gasteiger partial charge in [0.25, 0.3) is 5.91 Å². The van der Waals surface area contributed by atoms with Gasteiger partial charge < -0.3 is 19.5 Å². The van der Waals surface area contributed by atoms with E-state index in [1.54, 1.807) is 31.1 Å². The summed E-state index contributed by atoms with van der Waals surface area (Å²) in [5, 5.41) is 9.17. The Labute approximate surface area is 149 Å². The smallest absolute Gasteiger partial charge is 0.308 e. The first-order valence-corrected chi connectivity index (χ1v) is 8.56. The monoisotopic (exact) mass is 351 g/mol. The fourth-order valence-corrected chi connectivity index (χ4v) is 2.76. The van der Waals surface area contributed by atoms with Crippen molar-refractivity contribution in [3.05, 3.63) is 28.8 Å². The van der Waals surface area contributed by atoms with Crippen molar-refractivity contribution in [2.24, 2.45) is 5.92 Å². The number of carboxylic acids is 1. The van der Waals surface area contributed by atoms with Crippen LogP contribution in [0.25, 0.3) is 0 Å². The quantitative estimate of drug-likeness (QED) is 0.656. The molecule has 1 aromatic rings. The average Bonchev–Trinajstić information content (AvgIpc) is 2.56. The molecule has 0 heterocycles. The van der Waals surface area contributed by atoms with Crippen LogP contribution in [0.2, 0.25) is 0 Å². The third-order valence-electron chi connectivity index (χ3n) is 4.04. The van der Waals surface area contributed by atoms with E-state index in [4.69, 9.17) is 9.47 Å². The second-order valence-corrected chi connectivity index (χ2v) is 6.18. The van der Waals surface area contributed by atoms with E-state index >= 15 is 0 Å². The van der Waals surface area contributed by atoms with Crippen molar-refractivity contribution in [3.63, 3.8) is 0 Å². The SMILES string of the molecule is CCOCCCN(CC(C)C(=O)O)C(=O)c1cc(C)c(OC)c(C)c1. The number of hydrogen-bond donors (Lipinski definition) is 1. The van der Waals surface area contributed by atoms with E-state index in [1.807, 2.05) is 20.8 Å². The van der Waals surface area contributed by atoms with Crippen LogP contribution in [0.5, 0.6) is 5.75 Å². The molecule has 140 valence electrons. The van der Waals surface area contributed by atoms with Crippen molar-refractivity contribution in [2.75, 3.05) is 33.4 Å². The maximum Gasteiger partial charge on any atom is 0.308 e. The van der Waals surface area contributed by atoms with Crippen LogP contribution in [0.4, 0.5) is 0 Å². The fraction of sp³-hybridized carbons (Fsp3) is 0.579. The topological polar surface area (TPSA) is 76.1 Å². The summed E-state index contributed by atoms with van der Waals surface area (Å²) in [6.45, 7) is 9.10. The molecule has 1 aromatic carbocycles. The van der Waals surface area contributed by atoms with E-state index in [0.717, 1.165) is 16.9 Å². The summed E-state index contributed by atoms with van der Waals surface area (Å²) in [6, 6.07) is 3.57. The summed E-state index contributed by atoms with van der Waals surface area (Å²) in [5.74, 6) is -0.946. The van der Waals surface area contributed by atoms with Crippen LogP contribution in [0, 0.1) is 19.8 Å². The Hall–Kier alpha value is -2.08. The van der Waals surface area contributed by atoms with Gasteiger partial charge in [0.15, 0.2) is 0 Å². The van der Waals surface area contributed by atoms with E-state index in [-0.39, 0.29) is 12.5 Å². The molecule has 1 unspecified atom stereocenters. The first-order valence-electron chi connectivity index (χ1n) is 8.56. The molecule has 0 radical (unpaired) electrons. The Morgan fingerprint density at radius 3 is 2.32 bits per heavy atom. The Morgan fingerprint density at radius 2 is 1.84 bits per heavy atom. The molecule has 0 aromatic heterocycles. The number of benzene rings is 1. The van der Waals surface area contributed by atoms with E-state index in [9.17, 15) is 14.7 Å². The highest BCUT2D eigenvalue weighted by molar-refractivity contribution is 5.95. The molecule has 6 heteroatoms. The average molecular weight is 351 g/mol. The van der Waals surface area contributed by atoms with Gasteiger partial charge in [0.1, 0.15) is 5.75 Å². The highest BCUT2D eigenvalue weighted by atomic mass is 16.5. The van der Waals surface area contributed by atoms with Crippen LogP contribution >= 0.6 is 0 Å². The van der Waals surface area contributed by atoms with Gasteiger partial charge in [-0.2, -0.15) is 0 Å². The third-order valence-corrected chi connectivity index (χ3v) is 4.04. The van der Waals surface area contributed by atoms with Crippen molar-refractivity contribution in [1.29, 1.82) is 0 Å². The lowest BCUT2D eigenvalue weighted by molar-refractivity contribution is -0.141. The zero-order valence-electron chi connectivity index (χ0n) is 15.8. The zero-order valence-corrected chi connectivity index (χ0v) is 15.8. The lowest BCUT2D eigenvalue weighted by Crippen LogP contribution is -2.38. The summed E-state index contributed by atoms with van der Waals surface area (Å²) in [5.41, 5.74) is 2.31. The molecule has 6 nitrogen and oxygen atoms in total. The molecular weight excluding hydrogens is 322 g/mol. The normalized spacial score (nSPS) is 11.9. The van der Waals surface area contributed by atoms with Crippen LogP contribution in [0.15, 0.2) is 12.1 Å². The van der Waals surface area contributed by atoms with E-state index in [0.29, 0.717) is 31.7 Å². The molecule has 0 aliphatic heterocycles. The van der Waals surface area contributed by atoms with Crippen molar-refractivity contribution in [3.8, 4) is 5.75 Å². The van der Waals surface area contributed by atoms with E-state index < -0.39 is 11.9 Å². The van der Waals surface area contributed by atoms with Gasteiger partial charge in [0.05, 0.1) is 13.0 Å². The van der Waals surface area contributed by atoms with Gasteiger partial charge in [-0.1, -0.05) is 6.92 Å². The number of rotatable bonds is 10.